The normalized spacial score (nSPS) is 24.6. The molecule has 1 aliphatic carbocycles. The zero-order chi connectivity index (χ0) is 14.1. The molecule has 1 aromatic carbocycles. The fourth-order valence-corrected chi connectivity index (χ4v) is 3.02. The lowest BCUT2D eigenvalue weighted by Crippen LogP contribution is -2.31. The van der Waals surface area contributed by atoms with Crippen LogP contribution in [-0.4, -0.2) is 34.7 Å². The van der Waals surface area contributed by atoms with Gasteiger partial charge in [0.05, 0.1) is 12.1 Å². The minimum absolute atomic E-state index is 0.121. The van der Waals surface area contributed by atoms with Crippen LogP contribution in [0.1, 0.15) is 38.1 Å². The summed E-state index contributed by atoms with van der Waals surface area (Å²) in [6.07, 6.45) is 3.05. The molecule has 0 bridgehead atoms. The molecule has 2 aromatic rings. The summed E-state index contributed by atoms with van der Waals surface area (Å²) in [6, 6.07) is 7.96. The number of aliphatic hydroxyl groups excluding tert-OH is 1. The van der Waals surface area contributed by atoms with E-state index in [9.17, 15) is 5.11 Å². The van der Waals surface area contributed by atoms with Crippen molar-refractivity contribution < 1.29 is 9.52 Å². The number of para-hydroxylation sites is 2. The first kappa shape index (κ1) is 13.6. The van der Waals surface area contributed by atoms with Gasteiger partial charge >= 0.3 is 0 Å². The van der Waals surface area contributed by atoms with E-state index >= 15 is 0 Å². The molecule has 4 nitrogen and oxygen atoms in total. The quantitative estimate of drug-likeness (QED) is 0.931. The Balaban J connectivity index is 1.72. The zero-order valence-corrected chi connectivity index (χ0v) is 12.1. The van der Waals surface area contributed by atoms with Gasteiger partial charge in [0.2, 0.25) is 5.89 Å². The molecular weight excluding hydrogens is 252 g/mol. The second kappa shape index (κ2) is 5.54. The molecule has 3 atom stereocenters. The van der Waals surface area contributed by atoms with Crippen LogP contribution < -0.4 is 0 Å². The Bertz CT molecular complexity index is 548. The molecular formula is C16H22N2O2. The average Bonchev–Trinajstić information content (AvgIpc) is 3.04. The van der Waals surface area contributed by atoms with E-state index in [0.717, 1.165) is 42.8 Å². The fraction of sp³-hybridized carbons (Fsp3) is 0.562. The van der Waals surface area contributed by atoms with Crippen LogP contribution in [0.25, 0.3) is 11.1 Å². The summed E-state index contributed by atoms with van der Waals surface area (Å²) in [5, 5.41) is 9.94. The molecule has 20 heavy (non-hydrogen) atoms. The lowest BCUT2D eigenvalue weighted by atomic mass is 10.0. The van der Waals surface area contributed by atoms with E-state index in [1.54, 1.807) is 0 Å². The number of aromatic nitrogens is 1. The second-order valence-corrected chi connectivity index (χ2v) is 5.89. The van der Waals surface area contributed by atoms with Gasteiger partial charge in [-0.2, -0.15) is 0 Å². The van der Waals surface area contributed by atoms with Crippen molar-refractivity contribution >= 4 is 11.1 Å². The maximum atomic E-state index is 9.94. The number of aliphatic hydroxyl groups is 1. The molecule has 0 aliphatic heterocycles. The Kier molecular flexibility index (Phi) is 3.76. The van der Waals surface area contributed by atoms with Crippen molar-refractivity contribution in [3.8, 4) is 0 Å². The predicted molar refractivity (Wildman–Crippen MR) is 78.4 cm³/mol. The third-order valence-electron chi connectivity index (χ3n) is 4.47. The molecule has 1 saturated carbocycles. The smallest absolute Gasteiger partial charge is 0.212 e. The van der Waals surface area contributed by atoms with Crippen LogP contribution in [0, 0.1) is 5.92 Å². The molecule has 108 valence electrons. The maximum absolute atomic E-state index is 9.94. The first-order valence-corrected chi connectivity index (χ1v) is 7.39. The summed E-state index contributed by atoms with van der Waals surface area (Å²) in [4.78, 5) is 6.78. The van der Waals surface area contributed by atoms with E-state index < -0.39 is 0 Å². The molecule has 1 N–H and O–H groups in total. The van der Waals surface area contributed by atoms with E-state index in [1.807, 2.05) is 24.3 Å². The topological polar surface area (TPSA) is 49.5 Å². The Morgan fingerprint density at radius 1 is 1.40 bits per heavy atom. The molecule has 1 fully saturated rings. The van der Waals surface area contributed by atoms with Gasteiger partial charge in [-0.25, -0.2) is 4.98 Å². The summed E-state index contributed by atoms with van der Waals surface area (Å²) in [7, 11) is 2.07. The highest BCUT2D eigenvalue weighted by Crippen LogP contribution is 2.29. The summed E-state index contributed by atoms with van der Waals surface area (Å²) < 4.78 is 5.83. The highest BCUT2D eigenvalue weighted by Gasteiger charge is 2.28. The van der Waals surface area contributed by atoms with E-state index in [2.05, 4.69) is 23.9 Å². The fourth-order valence-electron chi connectivity index (χ4n) is 3.02. The Labute approximate surface area is 119 Å². The van der Waals surface area contributed by atoms with E-state index in [0.29, 0.717) is 5.92 Å². The Hall–Kier alpha value is -1.39. The minimum Gasteiger partial charge on any atom is -0.439 e. The highest BCUT2D eigenvalue weighted by molar-refractivity contribution is 5.72. The van der Waals surface area contributed by atoms with Crippen LogP contribution in [0.5, 0.6) is 0 Å². The van der Waals surface area contributed by atoms with E-state index in [-0.39, 0.29) is 12.1 Å². The molecule has 0 spiro atoms. The van der Waals surface area contributed by atoms with Gasteiger partial charge < -0.3 is 9.52 Å². The number of rotatable bonds is 4. The third kappa shape index (κ3) is 2.58. The van der Waals surface area contributed by atoms with Crippen molar-refractivity contribution in [1.29, 1.82) is 0 Å². The molecule has 1 heterocycles. The number of nitrogens with zero attached hydrogens (tertiary/aromatic N) is 2. The molecule has 0 radical (unpaired) electrons. The molecule has 0 amide bonds. The number of oxazole rings is 1. The maximum Gasteiger partial charge on any atom is 0.212 e. The minimum atomic E-state index is -0.145. The zero-order valence-electron chi connectivity index (χ0n) is 12.1. The van der Waals surface area contributed by atoms with Gasteiger partial charge in [0.15, 0.2) is 5.58 Å². The van der Waals surface area contributed by atoms with Crippen LogP contribution in [-0.2, 0) is 0 Å². The standard InChI is InChI=1S/C16H22N2O2/c1-11(18(2)10-12-6-5-8-14(12)19)16-17-13-7-3-4-9-15(13)20-16/h3-4,7,9,11-12,14,19H,5-6,8,10H2,1-2H3. The monoisotopic (exact) mass is 274 g/mol. The van der Waals surface area contributed by atoms with Gasteiger partial charge in [-0.15, -0.1) is 0 Å². The number of hydrogen-bond donors (Lipinski definition) is 1. The van der Waals surface area contributed by atoms with Crippen molar-refractivity contribution in [3.63, 3.8) is 0 Å². The number of fused-ring (bicyclic) bond motifs is 1. The van der Waals surface area contributed by atoms with Crippen molar-refractivity contribution in [2.24, 2.45) is 5.92 Å². The number of hydrogen-bond acceptors (Lipinski definition) is 4. The Morgan fingerprint density at radius 2 is 2.20 bits per heavy atom. The first-order valence-electron chi connectivity index (χ1n) is 7.39. The summed E-state index contributed by atoms with van der Waals surface area (Å²) in [5.74, 6) is 1.13. The first-order chi connectivity index (χ1) is 9.65. The summed E-state index contributed by atoms with van der Waals surface area (Å²) in [6.45, 7) is 2.99. The van der Waals surface area contributed by atoms with Gasteiger partial charge in [-0.05, 0) is 44.9 Å². The highest BCUT2D eigenvalue weighted by atomic mass is 16.3. The molecule has 1 aliphatic rings. The van der Waals surface area contributed by atoms with Crippen LogP contribution in [0.3, 0.4) is 0 Å². The second-order valence-electron chi connectivity index (χ2n) is 5.89. The molecule has 3 rings (SSSR count). The molecule has 4 heteroatoms. The van der Waals surface area contributed by atoms with Gasteiger partial charge in [-0.3, -0.25) is 4.90 Å². The van der Waals surface area contributed by atoms with Crippen LogP contribution in [0.2, 0.25) is 0 Å². The lowest BCUT2D eigenvalue weighted by Gasteiger charge is -2.26. The molecule has 1 aromatic heterocycles. The largest absolute Gasteiger partial charge is 0.439 e. The average molecular weight is 274 g/mol. The SMILES string of the molecule is CC(c1nc2ccccc2o1)N(C)CC1CCCC1O. The predicted octanol–water partition coefficient (Wildman–Crippen LogP) is 2.98. The molecule has 3 unspecified atom stereocenters. The van der Waals surface area contributed by atoms with Gasteiger partial charge in [0.1, 0.15) is 5.52 Å². The van der Waals surface area contributed by atoms with Crippen LogP contribution in [0.15, 0.2) is 28.7 Å². The third-order valence-corrected chi connectivity index (χ3v) is 4.47. The lowest BCUT2D eigenvalue weighted by molar-refractivity contribution is 0.0947. The summed E-state index contributed by atoms with van der Waals surface area (Å²) >= 11 is 0. The number of benzene rings is 1. The van der Waals surface area contributed by atoms with Crippen molar-refractivity contribution in [2.75, 3.05) is 13.6 Å². The molecule has 0 saturated heterocycles. The van der Waals surface area contributed by atoms with E-state index in [1.165, 1.54) is 0 Å². The van der Waals surface area contributed by atoms with Crippen molar-refractivity contribution in [1.82, 2.24) is 9.88 Å². The Morgan fingerprint density at radius 3 is 2.90 bits per heavy atom. The van der Waals surface area contributed by atoms with Crippen molar-refractivity contribution in [2.45, 2.75) is 38.3 Å². The van der Waals surface area contributed by atoms with E-state index in [4.69, 9.17) is 4.42 Å². The summed E-state index contributed by atoms with van der Waals surface area (Å²) in [5.41, 5.74) is 1.74. The van der Waals surface area contributed by atoms with Gasteiger partial charge in [0, 0.05) is 6.54 Å². The van der Waals surface area contributed by atoms with Gasteiger partial charge in [0.25, 0.3) is 0 Å². The van der Waals surface area contributed by atoms with Gasteiger partial charge in [-0.1, -0.05) is 18.6 Å². The van der Waals surface area contributed by atoms with Crippen molar-refractivity contribution in [3.05, 3.63) is 30.2 Å². The van der Waals surface area contributed by atoms with Crippen LogP contribution in [0.4, 0.5) is 0 Å². The van der Waals surface area contributed by atoms with Crippen LogP contribution >= 0.6 is 0 Å².